The highest BCUT2D eigenvalue weighted by Crippen LogP contribution is 2.24. The number of nitrogens with one attached hydrogen (secondary N) is 2. The fourth-order valence-corrected chi connectivity index (χ4v) is 3.64. The molecule has 0 radical (unpaired) electrons. The maximum atomic E-state index is 13.7. The maximum Gasteiger partial charge on any atom is 0.168 e. The molecule has 0 fully saturated rings. The molecule has 1 aromatic carbocycles. The number of allylic oxidation sites excluding steroid dienone is 3. The number of benzene rings is 1. The highest BCUT2D eigenvalue weighted by molar-refractivity contribution is 6.00. The van der Waals surface area contributed by atoms with Crippen LogP contribution in [0.15, 0.2) is 65.8 Å². The lowest BCUT2D eigenvalue weighted by molar-refractivity contribution is 0.101. The number of fused-ring (bicyclic) bond motifs is 2. The molecular weight excluding hydrogens is 407 g/mol. The van der Waals surface area contributed by atoms with Gasteiger partial charge in [0, 0.05) is 41.5 Å². The van der Waals surface area contributed by atoms with Gasteiger partial charge in [-0.15, -0.1) is 0 Å². The lowest BCUT2D eigenvalue weighted by atomic mass is 10.1. The van der Waals surface area contributed by atoms with E-state index in [1.165, 1.54) is 43.3 Å². The molecule has 0 bridgehead atoms. The van der Waals surface area contributed by atoms with Gasteiger partial charge in [-0.05, 0) is 44.7 Å². The molecule has 162 valence electrons. The van der Waals surface area contributed by atoms with Crippen molar-refractivity contribution in [3.05, 3.63) is 77.6 Å². The summed E-state index contributed by atoms with van der Waals surface area (Å²) in [5.41, 5.74) is 3.96. The van der Waals surface area contributed by atoms with Crippen molar-refractivity contribution in [3.63, 3.8) is 0 Å². The highest BCUT2D eigenvalue weighted by Gasteiger charge is 2.16. The van der Waals surface area contributed by atoms with Gasteiger partial charge in [0.2, 0.25) is 0 Å². The van der Waals surface area contributed by atoms with Crippen LogP contribution >= 0.6 is 0 Å². The first kappa shape index (κ1) is 21.2. The minimum absolute atomic E-state index is 0.154. The summed E-state index contributed by atoms with van der Waals surface area (Å²) in [5.74, 6) is 0.0897. The summed E-state index contributed by atoms with van der Waals surface area (Å²) in [6.45, 7) is 6.88. The molecule has 3 heterocycles. The van der Waals surface area contributed by atoms with Crippen molar-refractivity contribution in [2.45, 2.75) is 20.3 Å². The third kappa shape index (κ3) is 4.20. The fraction of sp³-hybridized carbons (Fsp3) is 0.167. The monoisotopic (exact) mass is 430 g/mol. The van der Waals surface area contributed by atoms with Gasteiger partial charge >= 0.3 is 0 Å². The molecule has 0 saturated heterocycles. The van der Waals surface area contributed by atoms with Crippen LogP contribution in [0.25, 0.3) is 22.1 Å². The number of anilines is 1. The topological polar surface area (TPSA) is 87.4 Å². The summed E-state index contributed by atoms with van der Waals surface area (Å²) in [6.07, 6.45) is 7.02. The van der Waals surface area contributed by atoms with Crippen molar-refractivity contribution in [2.24, 2.45) is 4.99 Å². The molecule has 7 nitrogen and oxygen atoms in total. The summed E-state index contributed by atoms with van der Waals surface area (Å²) >= 11 is 0. The van der Waals surface area contributed by atoms with Crippen LogP contribution in [0, 0.1) is 0 Å². The van der Waals surface area contributed by atoms with Gasteiger partial charge in [-0.1, -0.05) is 18.2 Å². The number of halogens is 1. The minimum atomic E-state index is -0.393. The zero-order valence-electron chi connectivity index (χ0n) is 17.9. The Labute approximate surface area is 184 Å². The maximum absolute atomic E-state index is 13.7. The van der Waals surface area contributed by atoms with E-state index in [0.717, 1.165) is 11.9 Å². The van der Waals surface area contributed by atoms with Crippen LogP contribution in [0.1, 0.15) is 35.5 Å². The predicted octanol–water partition coefficient (Wildman–Crippen LogP) is 4.98. The zero-order chi connectivity index (χ0) is 22.7. The van der Waals surface area contributed by atoms with Crippen molar-refractivity contribution < 1.29 is 9.18 Å². The smallest absolute Gasteiger partial charge is 0.168 e. The number of aliphatic imine (C=N–C) groups is 1. The standard InChI is InChI=1S/C24H23FN6O/c1-15(25)10-18(12-26-3)22-11-23(31-24(30-22)20(14-29-31)16(2)32)27-9-8-17-13-28-21-7-5-4-6-19(17)21/h4-7,10-14,27-28H,3,8-9H2,1-2H3/b15-10+,18-12+. The number of hydrogen-bond acceptors (Lipinski definition) is 5. The third-order valence-corrected chi connectivity index (χ3v) is 5.11. The molecule has 3 aromatic heterocycles. The second-order valence-corrected chi connectivity index (χ2v) is 7.41. The molecule has 32 heavy (non-hydrogen) atoms. The molecule has 2 N–H and O–H groups in total. The van der Waals surface area contributed by atoms with Crippen LogP contribution in [-0.4, -0.2) is 38.6 Å². The van der Waals surface area contributed by atoms with Gasteiger partial charge in [-0.3, -0.25) is 9.79 Å². The Bertz CT molecular complexity index is 1370. The molecule has 4 aromatic rings. The number of rotatable bonds is 8. The van der Waals surface area contributed by atoms with Gasteiger partial charge < -0.3 is 10.3 Å². The molecule has 0 unspecified atom stereocenters. The Hall–Kier alpha value is -4.07. The lowest BCUT2D eigenvalue weighted by Crippen LogP contribution is -2.11. The second kappa shape index (κ2) is 8.97. The number of aromatic amines is 1. The van der Waals surface area contributed by atoms with Crippen molar-refractivity contribution in [1.82, 2.24) is 19.6 Å². The number of nitrogens with zero attached hydrogens (tertiary/aromatic N) is 4. The van der Waals surface area contributed by atoms with Crippen molar-refractivity contribution in [3.8, 4) is 0 Å². The van der Waals surface area contributed by atoms with E-state index in [1.807, 2.05) is 24.4 Å². The van der Waals surface area contributed by atoms with Crippen molar-refractivity contribution in [2.75, 3.05) is 11.9 Å². The number of carbonyl (C=O) groups excluding carboxylic acids is 1. The predicted molar refractivity (Wildman–Crippen MR) is 126 cm³/mol. The number of ketones is 1. The van der Waals surface area contributed by atoms with Gasteiger partial charge in [0.05, 0.1) is 23.3 Å². The molecule has 0 aliphatic heterocycles. The molecule has 0 atom stereocenters. The van der Waals surface area contributed by atoms with Crippen LogP contribution < -0.4 is 5.32 Å². The minimum Gasteiger partial charge on any atom is -0.370 e. The fourth-order valence-electron chi connectivity index (χ4n) is 3.64. The zero-order valence-corrected chi connectivity index (χ0v) is 17.9. The Balaban J connectivity index is 1.70. The Kier molecular flexibility index (Phi) is 5.93. The first-order chi connectivity index (χ1) is 15.5. The second-order valence-electron chi connectivity index (χ2n) is 7.41. The molecule has 0 amide bonds. The average molecular weight is 430 g/mol. The first-order valence-corrected chi connectivity index (χ1v) is 10.2. The van der Waals surface area contributed by atoms with E-state index >= 15 is 0 Å². The lowest BCUT2D eigenvalue weighted by Gasteiger charge is -2.11. The number of para-hydroxylation sites is 1. The summed E-state index contributed by atoms with van der Waals surface area (Å²) in [6, 6.07) is 9.90. The normalized spacial score (nSPS) is 12.5. The van der Waals surface area contributed by atoms with Gasteiger partial charge in [0.15, 0.2) is 11.4 Å². The molecule has 4 rings (SSSR count). The van der Waals surface area contributed by atoms with Crippen LogP contribution in [0.3, 0.4) is 0 Å². The summed E-state index contributed by atoms with van der Waals surface area (Å²) in [5, 5.41) is 8.89. The van der Waals surface area contributed by atoms with Crippen molar-refractivity contribution >= 4 is 40.4 Å². The van der Waals surface area contributed by atoms with E-state index in [2.05, 4.69) is 38.2 Å². The molecule has 0 saturated carbocycles. The Morgan fingerprint density at radius 1 is 1.34 bits per heavy atom. The molecule has 0 aliphatic rings. The van der Waals surface area contributed by atoms with Gasteiger partial charge in [0.1, 0.15) is 5.82 Å². The number of Topliss-reactive ketones (excluding diaryl/α,β-unsaturated/α-hetero) is 1. The van der Waals surface area contributed by atoms with E-state index in [4.69, 9.17) is 0 Å². The van der Waals surface area contributed by atoms with Crippen LogP contribution in [0.2, 0.25) is 0 Å². The Morgan fingerprint density at radius 2 is 2.16 bits per heavy atom. The van der Waals surface area contributed by atoms with E-state index in [-0.39, 0.29) is 5.78 Å². The van der Waals surface area contributed by atoms with E-state index < -0.39 is 5.83 Å². The van der Waals surface area contributed by atoms with E-state index in [9.17, 15) is 9.18 Å². The van der Waals surface area contributed by atoms with Crippen LogP contribution in [0.5, 0.6) is 0 Å². The average Bonchev–Trinajstić information content (AvgIpc) is 3.37. The number of hydrogen-bond donors (Lipinski definition) is 2. The molecule has 0 aliphatic carbocycles. The number of carbonyl (C=O) groups is 1. The third-order valence-electron chi connectivity index (χ3n) is 5.11. The summed E-state index contributed by atoms with van der Waals surface area (Å²) in [7, 11) is 0. The molecular formula is C24H23FN6O. The van der Waals surface area contributed by atoms with Crippen molar-refractivity contribution in [1.29, 1.82) is 0 Å². The quantitative estimate of drug-likeness (QED) is 0.234. The highest BCUT2D eigenvalue weighted by atomic mass is 19.1. The first-order valence-electron chi connectivity index (χ1n) is 10.2. The SMILES string of the molecule is C=N/C=C(\C=C(/C)F)c1cc(NCCc2c[nH]c3ccccc23)n2ncc(C(C)=O)c2n1. The van der Waals surface area contributed by atoms with E-state index in [1.54, 1.807) is 10.6 Å². The van der Waals surface area contributed by atoms with Gasteiger partial charge in [-0.2, -0.15) is 9.61 Å². The number of aromatic nitrogens is 4. The van der Waals surface area contributed by atoms with E-state index in [0.29, 0.717) is 34.8 Å². The summed E-state index contributed by atoms with van der Waals surface area (Å²) < 4.78 is 15.2. The molecule has 0 spiro atoms. The van der Waals surface area contributed by atoms with Gasteiger partial charge in [-0.25, -0.2) is 9.37 Å². The van der Waals surface area contributed by atoms with Crippen LogP contribution in [0.4, 0.5) is 10.2 Å². The van der Waals surface area contributed by atoms with Crippen LogP contribution in [-0.2, 0) is 6.42 Å². The Morgan fingerprint density at radius 3 is 2.91 bits per heavy atom. The number of H-pyrrole nitrogens is 1. The largest absolute Gasteiger partial charge is 0.370 e. The summed E-state index contributed by atoms with van der Waals surface area (Å²) in [4.78, 5) is 23.7. The van der Waals surface area contributed by atoms with Gasteiger partial charge in [0.25, 0.3) is 0 Å². The molecule has 8 heteroatoms.